The Balaban J connectivity index is 1.83. The Labute approximate surface area is 170 Å². The Morgan fingerprint density at radius 3 is 2.46 bits per heavy atom. The Kier molecular flexibility index (Phi) is 5.70. The van der Waals surface area contributed by atoms with Crippen LogP contribution in [0.1, 0.15) is 44.6 Å². The maximum Gasteiger partial charge on any atom is 0.264 e. The van der Waals surface area contributed by atoms with E-state index in [1.54, 1.807) is 0 Å². The fourth-order valence-corrected chi connectivity index (χ4v) is 4.32. The number of hydrogen-bond donors (Lipinski definition) is 1. The molecule has 28 heavy (non-hydrogen) atoms. The number of hydrogen-bond acceptors (Lipinski definition) is 4. The molecule has 1 aliphatic rings. The Bertz CT molecular complexity index is 947. The molecule has 0 spiro atoms. The summed E-state index contributed by atoms with van der Waals surface area (Å²) in [7, 11) is 0. The first kappa shape index (κ1) is 20.3. The van der Waals surface area contributed by atoms with Gasteiger partial charge in [0.2, 0.25) is 0 Å². The van der Waals surface area contributed by atoms with E-state index in [1.165, 1.54) is 17.5 Å². The zero-order valence-electron chi connectivity index (χ0n) is 17.3. The van der Waals surface area contributed by atoms with Crippen LogP contribution in [0.3, 0.4) is 0 Å². The van der Waals surface area contributed by atoms with Gasteiger partial charge in [0.05, 0.1) is 17.2 Å². The van der Waals surface area contributed by atoms with Crippen LogP contribution in [0.15, 0.2) is 40.2 Å². The maximum atomic E-state index is 12.4. The van der Waals surface area contributed by atoms with Gasteiger partial charge in [0.15, 0.2) is 5.17 Å². The molecule has 5 nitrogen and oxygen atoms in total. The standard InChI is InChI=1S/C22H27N3O2S/c1-7-27-18-10-8-17(9-11-18)23-21-24-20(26)19(28-21)13-16-12-14(2)25(15(16)3)22(4,5)6/h8-13H,7H2,1-6H3,(H,23,24,26)/b19-13+. The highest BCUT2D eigenvalue weighted by molar-refractivity contribution is 8.18. The summed E-state index contributed by atoms with van der Waals surface area (Å²) in [5, 5.41) is 3.44. The molecule has 1 aliphatic heterocycles. The van der Waals surface area contributed by atoms with Gasteiger partial charge in [-0.1, -0.05) is 0 Å². The van der Waals surface area contributed by atoms with Crippen LogP contribution in [-0.2, 0) is 10.3 Å². The fraction of sp³-hybridized carbons (Fsp3) is 0.364. The van der Waals surface area contributed by atoms with Crippen LogP contribution < -0.4 is 10.1 Å². The summed E-state index contributed by atoms with van der Waals surface area (Å²) in [6.07, 6.45) is 1.95. The molecule has 3 rings (SSSR count). The largest absolute Gasteiger partial charge is 0.494 e. The number of amidine groups is 1. The molecule has 6 heteroatoms. The second kappa shape index (κ2) is 7.87. The molecule has 1 fully saturated rings. The summed E-state index contributed by atoms with van der Waals surface area (Å²) in [6, 6.07) is 9.64. The predicted octanol–water partition coefficient (Wildman–Crippen LogP) is 5.15. The molecule has 2 heterocycles. The minimum Gasteiger partial charge on any atom is -0.494 e. The highest BCUT2D eigenvalue weighted by Gasteiger charge is 2.25. The van der Waals surface area contributed by atoms with Crippen molar-refractivity contribution < 1.29 is 9.53 Å². The lowest BCUT2D eigenvalue weighted by Crippen LogP contribution is -2.24. The van der Waals surface area contributed by atoms with Crippen molar-refractivity contribution in [1.82, 2.24) is 9.88 Å². The van der Waals surface area contributed by atoms with Crippen molar-refractivity contribution in [3.63, 3.8) is 0 Å². The Hall–Kier alpha value is -2.47. The van der Waals surface area contributed by atoms with Gasteiger partial charge >= 0.3 is 0 Å². The third-order valence-electron chi connectivity index (χ3n) is 4.46. The molecule has 0 bridgehead atoms. The summed E-state index contributed by atoms with van der Waals surface area (Å²) < 4.78 is 7.74. The highest BCUT2D eigenvalue weighted by Crippen LogP contribution is 2.31. The second-order valence-corrected chi connectivity index (χ2v) is 8.77. The molecule has 148 valence electrons. The van der Waals surface area contributed by atoms with Gasteiger partial charge in [-0.3, -0.25) is 4.79 Å². The molecule has 2 aromatic rings. The lowest BCUT2D eigenvalue weighted by molar-refractivity contribution is -0.115. The third kappa shape index (κ3) is 4.33. The normalized spacial score (nSPS) is 17.4. The van der Waals surface area contributed by atoms with Crippen molar-refractivity contribution >= 4 is 34.6 Å². The lowest BCUT2D eigenvalue weighted by Gasteiger charge is -2.25. The van der Waals surface area contributed by atoms with Crippen LogP contribution in [0, 0.1) is 13.8 Å². The number of nitrogens with one attached hydrogen (secondary N) is 1. The van der Waals surface area contributed by atoms with Gasteiger partial charge in [0.1, 0.15) is 5.75 Å². The second-order valence-electron chi connectivity index (χ2n) is 7.74. The van der Waals surface area contributed by atoms with Crippen LogP contribution >= 0.6 is 11.8 Å². The average Bonchev–Trinajstić information content (AvgIpc) is 3.08. The van der Waals surface area contributed by atoms with Crippen LogP contribution in [0.5, 0.6) is 5.75 Å². The topological polar surface area (TPSA) is 55.6 Å². The van der Waals surface area contributed by atoms with Gasteiger partial charge in [0, 0.05) is 16.9 Å². The van der Waals surface area contributed by atoms with Gasteiger partial charge in [-0.2, -0.15) is 0 Å². The zero-order valence-corrected chi connectivity index (χ0v) is 18.1. The highest BCUT2D eigenvalue weighted by atomic mass is 32.2. The number of nitrogens with zero attached hydrogens (tertiary/aromatic N) is 2. The van der Waals surface area contributed by atoms with E-state index in [9.17, 15) is 4.79 Å². The van der Waals surface area contributed by atoms with Gasteiger partial charge < -0.3 is 14.6 Å². The van der Waals surface area contributed by atoms with Crippen molar-refractivity contribution in [2.45, 2.75) is 47.1 Å². The van der Waals surface area contributed by atoms with Gasteiger partial charge in [-0.25, -0.2) is 4.99 Å². The average molecular weight is 398 g/mol. The minimum atomic E-state index is -0.116. The molecule has 1 aromatic carbocycles. The number of carbonyl (C=O) groups excluding carboxylic acids is 1. The van der Waals surface area contributed by atoms with Crippen molar-refractivity contribution in [1.29, 1.82) is 0 Å². The van der Waals surface area contributed by atoms with E-state index in [4.69, 9.17) is 4.74 Å². The van der Waals surface area contributed by atoms with E-state index >= 15 is 0 Å². The monoisotopic (exact) mass is 397 g/mol. The van der Waals surface area contributed by atoms with E-state index in [2.05, 4.69) is 55.6 Å². The first-order valence-electron chi connectivity index (χ1n) is 9.41. The first-order chi connectivity index (χ1) is 13.2. The van der Waals surface area contributed by atoms with Gasteiger partial charge in [-0.15, -0.1) is 0 Å². The summed E-state index contributed by atoms with van der Waals surface area (Å²) in [6.45, 7) is 13.3. The van der Waals surface area contributed by atoms with E-state index < -0.39 is 0 Å². The van der Waals surface area contributed by atoms with Crippen molar-refractivity contribution in [2.24, 2.45) is 4.99 Å². The summed E-state index contributed by atoms with van der Waals surface area (Å²) in [5.74, 6) is 0.694. The Morgan fingerprint density at radius 2 is 1.89 bits per heavy atom. The number of aryl methyl sites for hydroxylation is 1. The Morgan fingerprint density at radius 1 is 1.21 bits per heavy atom. The molecule has 1 saturated heterocycles. The zero-order chi connectivity index (χ0) is 20.5. The third-order valence-corrected chi connectivity index (χ3v) is 5.37. The number of rotatable bonds is 4. The molecular weight excluding hydrogens is 370 g/mol. The SMILES string of the molecule is CCOc1ccc(N=C2NC(=O)/C(=C\c3cc(C)n(C(C)(C)C)c3C)S2)cc1. The van der Waals surface area contributed by atoms with E-state index in [0.717, 1.165) is 22.7 Å². The van der Waals surface area contributed by atoms with Crippen molar-refractivity contribution in [3.05, 3.63) is 52.2 Å². The molecule has 1 N–H and O–H groups in total. The fourth-order valence-electron chi connectivity index (χ4n) is 3.49. The van der Waals surface area contributed by atoms with Gasteiger partial charge in [0.25, 0.3) is 5.91 Å². The van der Waals surface area contributed by atoms with E-state index in [1.807, 2.05) is 37.3 Å². The summed E-state index contributed by atoms with van der Waals surface area (Å²) in [5.41, 5.74) is 4.17. The van der Waals surface area contributed by atoms with Gasteiger partial charge in [-0.05, 0) is 95.3 Å². The van der Waals surface area contributed by atoms with Crippen molar-refractivity contribution in [2.75, 3.05) is 6.61 Å². The minimum absolute atomic E-state index is 0.00370. The summed E-state index contributed by atoms with van der Waals surface area (Å²) >= 11 is 1.36. The molecule has 0 saturated carbocycles. The first-order valence-corrected chi connectivity index (χ1v) is 10.2. The van der Waals surface area contributed by atoms with Crippen LogP contribution in [-0.4, -0.2) is 22.2 Å². The lowest BCUT2D eigenvalue weighted by atomic mass is 10.1. The predicted molar refractivity (Wildman–Crippen MR) is 117 cm³/mol. The maximum absolute atomic E-state index is 12.4. The van der Waals surface area contributed by atoms with E-state index in [0.29, 0.717) is 16.7 Å². The molecule has 0 atom stereocenters. The smallest absolute Gasteiger partial charge is 0.264 e. The molecule has 0 unspecified atom stereocenters. The number of carbonyl (C=O) groups is 1. The number of thioether (sulfide) groups is 1. The number of benzene rings is 1. The number of aromatic nitrogens is 1. The molecule has 1 aromatic heterocycles. The number of ether oxygens (including phenoxy) is 1. The summed E-state index contributed by atoms with van der Waals surface area (Å²) in [4.78, 5) is 17.6. The van der Waals surface area contributed by atoms with Crippen molar-refractivity contribution in [3.8, 4) is 5.75 Å². The van der Waals surface area contributed by atoms with E-state index in [-0.39, 0.29) is 11.4 Å². The number of amides is 1. The molecule has 0 radical (unpaired) electrons. The number of aliphatic imine (C=N–C) groups is 1. The molecule has 1 amide bonds. The molecular formula is C22H27N3O2S. The van der Waals surface area contributed by atoms with Crippen LogP contribution in [0.2, 0.25) is 0 Å². The molecule has 0 aliphatic carbocycles. The van der Waals surface area contributed by atoms with Crippen LogP contribution in [0.25, 0.3) is 6.08 Å². The van der Waals surface area contributed by atoms with Crippen LogP contribution in [0.4, 0.5) is 5.69 Å². The quantitative estimate of drug-likeness (QED) is 0.726.